The van der Waals surface area contributed by atoms with Gasteiger partial charge in [-0.2, -0.15) is 5.10 Å². The predicted octanol–water partition coefficient (Wildman–Crippen LogP) is 3.13. The van der Waals surface area contributed by atoms with Gasteiger partial charge in [0, 0.05) is 50.6 Å². The summed E-state index contributed by atoms with van der Waals surface area (Å²) in [5, 5.41) is 7.72. The minimum Gasteiger partial charge on any atom is -0.357 e. The number of nitrogens with zero attached hydrogens (tertiary/aromatic N) is 7. The number of pyridine rings is 1. The van der Waals surface area contributed by atoms with Crippen molar-refractivity contribution in [3.63, 3.8) is 0 Å². The molecule has 0 spiro atoms. The van der Waals surface area contributed by atoms with Gasteiger partial charge in [0.25, 0.3) is 0 Å². The molecule has 1 fully saturated rings. The van der Waals surface area contributed by atoms with E-state index in [1.54, 1.807) is 10.9 Å². The Morgan fingerprint density at radius 2 is 2.17 bits per heavy atom. The largest absolute Gasteiger partial charge is 0.357 e. The van der Waals surface area contributed by atoms with E-state index in [4.69, 9.17) is 4.99 Å². The van der Waals surface area contributed by atoms with E-state index in [0.717, 1.165) is 43.4 Å². The van der Waals surface area contributed by atoms with Gasteiger partial charge in [-0.3, -0.25) is 0 Å². The van der Waals surface area contributed by atoms with Crippen LogP contribution >= 0.6 is 24.0 Å². The normalized spacial score (nSPS) is 19.4. The first-order chi connectivity index (χ1) is 14.2. The summed E-state index contributed by atoms with van der Waals surface area (Å²) < 4.78 is 3.99. The van der Waals surface area contributed by atoms with Crippen molar-refractivity contribution in [3.8, 4) is 5.82 Å². The molecule has 1 aliphatic rings. The molecule has 3 aromatic heterocycles. The zero-order chi connectivity index (χ0) is 20.1. The number of likely N-dealkylation sites (tertiary alicyclic amines) is 1. The van der Waals surface area contributed by atoms with E-state index in [1.165, 1.54) is 0 Å². The molecule has 0 saturated carbocycles. The molecule has 2 atom stereocenters. The molecule has 2 unspecified atom stereocenters. The monoisotopic (exact) mass is 520 g/mol. The van der Waals surface area contributed by atoms with Crippen LogP contribution in [-0.4, -0.2) is 54.8 Å². The number of hydrogen-bond acceptors (Lipinski definition) is 4. The van der Waals surface area contributed by atoms with E-state index in [9.17, 15) is 0 Å². The van der Waals surface area contributed by atoms with Gasteiger partial charge in [0.2, 0.25) is 0 Å². The molecule has 30 heavy (non-hydrogen) atoms. The van der Waals surface area contributed by atoms with Gasteiger partial charge in [0.05, 0.1) is 18.9 Å². The molecule has 8 nitrogen and oxygen atoms in total. The minimum absolute atomic E-state index is 0. The molecule has 0 aromatic carbocycles. The van der Waals surface area contributed by atoms with Crippen LogP contribution in [-0.2, 0) is 6.54 Å². The maximum absolute atomic E-state index is 4.92. The van der Waals surface area contributed by atoms with Crippen molar-refractivity contribution in [1.82, 2.24) is 34.5 Å². The molecule has 0 aliphatic carbocycles. The summed E-state index contributed by atoms with van der Waals surface area (Å²) in [5.74, 6) is 2.38. The first-order valence-corrected chi connectivity index (χ1v) is 10.2. The SMILES string of the molecule is CCNC(=NCc1ccnc(-n2cccn2)c1)N1CCC(C)C(n2ccnc2)C1.I. The van der Waals surface area contributed by atoms with Crippen LogP contribution in [0.25, 0.3) is 5.82 Å². The Kier molecular flexibility index (Phi) is 7.83. The van der Waals surface area contributed by atoms with Crippen molar-refractivity contribution in [3.05, 3.63) is 61.1 Å². The lowest BCUT2D eigenvalue weighted by Crippen LogP contribution is -2.49. The summed E-state index contributed by atoms with van der Waals surface area (Å²) in [6, 6.07) is 6.34. The fraction of sp³-hybridized carbons (Fsp3) is 0.429. The van der Waals surface area contributed by atoms with Gasteiger partial charge in [-0.1, -0.05) is 6.92 Å². The van der Waals surface area contributed by atoms with Crippen LogP contribution in [0.1, 0.15) is 31.9 Å². The number of aliphatic imine (C=N–C) groups is 1. The third kappa shape index (κ3) is 5.18. The summed E-state index contributed by atoms with van der Waals surface area (Å²) in [6.45, 7) is 7.80. The zero-order valence-electron chi connectivity index (χ0n) is 17.4. The molecule has 1 N–H and O–H groups in total. The van der Waals surface area contributed by atoms with E-state index < -0.39 is 0 Å². The van der Waals surface area contributed by atoms with Crippen LogP contribution in [0.3, 0.4) is 0 Å². The topological polar surface area (TPSA) is 76.2 Å². The number of nitrogens with one attached hydrogen (secondary N) is 1. The van der Waals surface area contributed by atoms with Gasteiger partial charge in [0.15, 0.2) is 11.8 Å². The summed E-state index contributed by atoms with van der Waals surface area (Å²) >= 11 is 0. The van der Waals surface area contributed by atoms with E-state index in [-0.39, 0.29) is 24.0 Å². The van der Waals surface area contributed by atoms with Crippen molar-refractivity contribution in [1.29, 1.82) is 0 Å². The second kappa shape index (κ2) is 10.6. The van der Waals surface area contributed by atoms with Gasteiger partial charge < -0.3 is 14.8 Å². The highest BCUT2D eigenvalue weighted by molar-refractivity contribution is 14.0. The van der Waals surface area contributed by atoms with Crippen LogP contribution in [0.4, 0.5) is 0 Å². The highest BCUT2D eigenvalue weighted by atomic mass is 127. The maximum atomic E-state index is 4.92. The van der Waals surface area contributed by atoms with Crippen LogP contribution in [0.2, 0.25) is 0 Å². The Balaban J connectivity index is 0.00000256. The summed E-state index contributed by atoms with van der Waals surface area (Å²) in [7, 11) is 0. The van der Waals surface area contributed by atoms with E-state index >= 15 is 0 Å². The number of hydrogen-bond donors (Lipinski definition) is 1. The average molecular weight is 520 g/mol. The average Bonchev–Trinajstić information content (AvgIpc) is 3.46. The Morgan fingerprint density at radius 3 is 2.90 bits per heavy atom. The number of imidazole rings is 1. The smallest absolute Gasteiger partial charge is 0.194 e. The molecule has 1 aliphatic heterocycles. The molecular weight excluding hydrogens is 491 g/mol. The Morgan fingerprint density at radius 1 is 1.27 bits per heavy atom. The van der Waals surface area contributed by atoms with Crippen molar-refractivity contribution in [2.45, 2.75) is 32.9 Å². The van der Waals surface area contributed by atoms with E-state index in [1.807, 2.05) is 43.1 Å². The molecule has 9 heteroatoms. The fourth-order valence-corrected chi connectivity index (χ4v) is 3.78. The summed E-state index contributed by atoms with van der Waals surface area (Å²) in [5.41, 5.74) is 1.11. The third-order valence-corrected chi connectivity index (χ3v) is 5.42. The van der Waals surface area contributed by atoms with Crippen LogP contribution < -0.4 is 5.32 Å². The molecule has 0 amide bonds. The number of halogens is 1. The second-order valence-corrected chi connectivity index (χ2v) is 7.43. The lowest BCUT2D eigenvalue weighted by molar-refractivity contribution is 0.189. The summed E-state index contributed by atoms with van der Waals surface area (Å²) in [6.07, 6.45) is 12.4. The zero-order valence-corrected chi connectivity index (χ0v) is 19.8. The van der Waals surface area contributed by atoms with Crippen LogP contribution in [0.15, 0.2) is 60.5 Å². The molecule has 4 rings (SSSR count). The first-order valence-electron chi connectivity index (χ1n) is 10.2. The minimum atomic E-state index is 0. The Hall–Kier alpha value is -2.43. The maximum Gasteiger partial charge on any atom is 0.194 e. The molecule has 0 bridgehead atoms. The molecule has 1 saturated heterocycles. The van der Waals surface area contributed by atoms with E-state index in [2.05, 4.69) is 49.9 Å². The number of aromatic nitrogens is 5. The van der Waals surface area contributed by atoms with Crippen LogP contribution in [0.5, 0.6) is 0 Å². The highest BCUT2D eigenvalue weighted by Gasteiger charge is 2.28. The lowest BCUT2D eigenvalue weighted by Gasteiger charge is -2.39. The first kappa shape index (κ1) is 22.3. The third-order valence-electron chi connectivity index (χ3n) is 5.42. The molecular formula is C21H29IN8. The van der Waals surface area contributed by atoms with Crippen molar-refractivity contribution in [2.24, 2.45) is 10.9 Å². The highest BCUT2D eigenvalue weighted by Crippen LogP contribution is 2.27. The lowest BCUT2D eigenvalue weighted by atomic mass is 9.93. The van der Waals surface area contributed by atoms with Crippen LogP contribution in [0, 0.1) is 5.92 Å². The van der Waals surface area contributed by atoms with E-state index in [0.29, 0.717) is 18.5 Å². The fourth-order valence-electron chi connectivity index (χ4n) is 3.78. The van der Waals surface area contributed by atoms with Crippen molar-refractivity contribution >= 4 is 29.9 Å². The predicted molar refractivity (Wildman–Crippen MR) is 128 cm³/mol. The number of rotatable bonds is 5. The van der Waals surface area contributed by atoms with Gasteiger partial charge in [0.1, 0.15) is 0 Å². The van der Waals surface area contributed by atoms with Gasteiger partial charge in [-0.25, -0.2) is 19.6 Å². The van der Waals surface area contributed by atoms with Crippen molar-refractivity contribution in [2.75, 3.05) is 19.6 Å². The Bertz CT molecular complexity index is 922. The molecule has 160 valence electrons. The second-order valence-electron chi connectivity index (χ2n) is 7.43. The molecule has 0 radical (unpaired) electrons. The Labute approximate surface area is 194 Å². The van der Waals surface area contributed by atoms with Gasteiger partial charge in [-0.05, 0) is 43.0 Å². The molecule has 4 heterocycles. The summed E-state index contributed by atoms with van der Waals surface area (Å²) in [4.78, 5) is 15.9. The van der Waals surface area contributed by atoms with Gasteiger partial charge >= 0.3 is 0 Å². The van der Waals surface area contributed by atoms with Crippen molar-refractivity contribution < 1.29 is 0 Å². The molecule has 3 aromatic rings. The van der Waals surface area contributed by atoms with Gasteiger partial charge in [-0.15, -0.1) is 24.0 Å². The number of guanidine groups is 1. The number of piperidine rings is 1. The standard InChI is InChI=1S/C21H28N8.HI/c1-3-23-21(27-11-6-17(2)19(15-27)28-12-9-22-16-28)25-14-18-5-8-24-20(13-18)29-10-4-7-26-29;/h4-5,7-10,12-13,16-17,19H,3,6,11,14-15H2,1-2H3,(H,23,25);1H. The quantitative estimate of drug-likeness (QED) is 0.318.